The van der Waals surface area contributed by atoms with Gasteiger partial charge in [0.2, 0.25) is 11.8 Å². The summed E-state index contributed by atoms with van der Waals surface area (Å²) in [5, 5.41) is 2.63. The fraction of sp³-hybridized carbons (Fsp3) is 0.250. The Hall–Kier alpha value is -3.74. The highest BCUT2D eigenvalue weighted by Gasteiger charge is 2.59. The second-order valence-electron chi connectivity index (χ2n) is 8.05. The Labute approximate surface area is 178 Å². The lowest BCUT2D eigenvalue weighted by molar-refractivity contribution is -0.123. The van der Waals surface area contributed by atoms with Crippen molar-refractivity contribution in [3.63, 3.8) is 0 Å². The van der Waals surface area contributed by atoms with Crippen molar-refractivity contribution < 1.29 is 23.9 Å². The Balaban J connectivity index is 1.26. The minimum atomic E-state index is -0.703. The molecule has 7 nitrogen and oxygen atoms in total. The highest BCUT2D eigenvalue weighted by molar-refractivity contribution is 6.23. The van der Waals surface area contributed by atoms with E-state index in [1.165, 1.54) is 17.0 Å². The van der Waals surface area contributed by atoms with Crippen molar-refractivity contribution in [3.05, 3.63) is 72.3 Å². The average molecular weight is 416 g/mol. The molecule has 0 aromatic heterocycles. The number of carbonyl (C=O) groups is 4. The number of esters is 1. The number of anilines is 2. The molecule has 3 amide bonds. The largest absolute Gasteiger partial charge is 0.452 e. The van der Waals surface area contributed by atoms with Crippen LogP contribution in [0.2, 0.25) is 0 Å². The molecule has 2 bridgehead atoms. The summed E-state index contributed by atoms with van der Waals surface area (Å²) < 4.78 is 5.10. The molecule has 1 N–H and O–H groups in total. The van der Waals surface area contributed by atoms with E-state index in [1.807, 2.05) is 18.2 Å². The molecule has 0 spiro atoms. The molecule has 2 fully saturated rings. The van der Waals surface area contributed by atoms with Crippen LogP contribution in [0.1, 0.15) is 16.8 Å². The number of hydrogen-bond donors (Lipinski definition) is 1. The number of para-hydroxylation sites is 1. The predicted octanol–water partition coefficient (Wildman–Crippen LogP) is 2.79. The van der Waals surface area contributed by atoms with Crippen molar-refractivity contribution in [2.45, 2.75) is 6.42 Å². The fourth-order valence-electron chi connectivity index (χ4n) is 4.86. The lowest BCUT2D eigenvalue weighted by Gasteiger charge is -2.18. The zero-order valence-corrected chi connectivity index (χ0v) is 16.6. The van der Waals surface area contributed by atoms with Crippen molar-refractivity contribution in [1.82, 2.24) is 0 Å². The third-order valence-corrected chi connectivity index (χ3v) is 6.20. The van der Waals surface area contributed by atoms with Crippen LogP contribution in [0.3, 0.4) is 0 Å². The molecule has 31 heavy (non-hydrogen) atoms. The standard InChI is InChI=1S/C24H20N2O5/c27-19(25-17-6-2-1-3-7-17)13-31-24(30)16-5-4-8-18(12-16)26-22(28)20-14-9-10-15(11-14)21(20)23(26)29/h1-10,12,14-15,20-21H,11,13H2,(H,25,27)/t14-,15-,20+,21+/m0/s1. The molecular formula is C24H20N2O5. The number of amides is 3. The van der Waals surface area contributed by atoms with Gasteiger partial charge in [-0.3, -0.25) is 14.4 Å². The Morgan fingerprint density at radius 3 is 2.29 bits per heavy atom. The van der Waals surface area contributed by atoms with E-state index in [4.69, 9.17) is 4.74 Å². The molecule has 1 aliphatic heterocycles. The lowest BCUT2D eigenvalue weighted by atomic mass is 9.85. The van der Waals surface area contributed by atoms with Gasteiger partial charge in [-0.25, -0.2) is 9.69 Å². The smallest absolute Gasteiger partial charge is 0.338 e. The summed E-state index contributed by atoms with van der Waals surface area (Å²) in [7, 11) is 0. The predicted molar refractivity (Wildman–Crippen MR) is 112 cm³/mol. The van der Waals surface area contributed by atoms with E-state index in [2.05, 4.69) is 5.32 Å². The number of ether oxygens (including phenoxy) is 1. The van der Waals surface area contributed by atoms with Gasteiger partial charge in [0.1, 0.15) is 0 Å². The zero-order valence-electron chi connectivity index (χ0n) is 16.6. The molecule has 1 saturated heterocycles. The lowest BCUT2D eigenvalue weighted by Crippen LogP contribution is -2.33. The SMILES string of the molecule is O=C(COC(=O)c1cccc(N2C(=O)[C@H]3[C@H](C2=O)[C@H]2C=C[C@H]3C2)c1)Nc1ccccc1. The third kappa shape index (κ3) is 3.32. The van der Waals surface area contributed by atoms with Crippen molar-refractivity contribution in [1.29, 1.82) is 0 Å². The fourth-order valence-corrected chi connectivity index (χ4v) is 4.86. The maximum atomic E-state index is 13.0. The molecule has 4 atom stereocenters. The van der Waals surface area contributed by atoms with Gasteiger partial charge >= 0.3 is 5.97 Å². The normalized spacial score (nSPS) is 25.6. The van der Waals surface area contributed by atoms with Crippen LogP contribution >= 0.6 is 0 Å². The first-order chi connectivity index (χ1) is 15.0. The number of hydrogen-bond acceptors (Lipinski definition) is 5. The van der Waals surface area contributed by atoms with Crippen LogP contribution in [-0.2, 0) is 19.1 Å². The number of nitrogens with one attached hydrogen (secondary N) is 1. The molecule has 5 rings (SSSR count). The van der Waals surface area contributed by atoms with Crippen LogP contribution in [0.5, 0.6) is 0 Å². The Bertz CT molecular complexity index is 1080. The number of nitrogens with zero attached hydrogens (tertiary/aromatic N) is 1. The van der Waals surface area contributed by atoms with Crippen LogP contribution in [0.15, 0.2) is 66.7 Å². The molecule has 2 aromatic rings. The summed E-state index contributed by atoms with van der Waals surface area (Å²) in [5.74, 6) is -1.96. The molecular weight excluding hydrogens is 396 g/mol. The number of imide groups is 1. The second-order valence-corrected chi connectivity index (χ2v) is 8.05. The monoisotopic (exact) mass is 416 g/mol. The third-order valence-electron chi connectivity index (χ3n) is 6.20. The summed E-state index contributed by atoms with van der Waals surface area (Å²) in [4.78, 5) is 51.6. The number of allylic oxidation sites excluding steroid dienone is 2. The molecule has 3 aliphatic rings. The summed E-state index contributed by atoms with van der Waals surface area (Å²) >= 11 is 0. The van der Waals surface area contributed by atoms with Crippen LogP contribution in [-0.4, -0.2) is 30.3 Å². The van der Waals surface area contributed by atoms with Gasteiger partial charge in [-0.1, -0.05) is 36.4 Å². The molecule has 1 heterocycles. The van der Waals surface area contributed by atoms with Crippen LogP contribution in [0.25, 0.3) is 0 Å². The highest BCUT2D eigenvalue weighted by atomic mass is 16.5. The van der Waals surface area contributed by atoms with Gasteiger partial charge < -0.3 is 10.1 Å². The molecule has 0 unspecified atom stereocenters. The maximum Gasteiger partial charge on any atom is 0.338 e. The Morgan fingerprint density at radius 2 is 1.61 bits per heavy atom. The zero-order chi connectivity index (χ0) is 21.5. The number of benzene rings is 2. The quantitative estimate of drug-likeness (QED) is 0.460. The van der Waals surface area contributed by atoms with E-state index in [1.54, 1.807) is 36.4 Å². The summed E-state index contributed by atoms with van der Waals surface area (Å²) in [6, 6.07) is 15.1. The van der Waals surface area contributed by atoms with E-state index >= 15 is 0 Å². The van der Waals surface area contributed by atoms with Gasteiger partial charge in [-0.2, -0.15) is 0 Å². The van der Waals surface area contributed by atoms with E-state index in [0.717, 1.165) is 6.42 Å². The maximum absolute atomic E-state index is 13.0. The minimum absolute atomic E-state index is 0.118. The van der Waals surface area contributed by atoms with Crippen molar-refractivity contribution in [2.24, 2.45) is 23.7 Å². The number of rotatable bonds is 5. The molecule has 156 valence electrons. The molecule has 0 radical (unpaired) electrons. The van der Waals surface area contributed by atoms with Gasteiger partial charge in [-0.15, -0.1) is 0 Å². The van der Waals surface area contributed by atoms with Gasteiger partial charge in [0.05, 0.1) is 23.1 Å². The van der Waals surface area contributed by atoms with E-state index in [-0.39, 0.29) is 41.0 Å². The Morgan fingerprint density at radius 1 is 0.935 bits per heavy atom. The van der Waals surface area contributed by atoms with Crippen molar-refractivity contribution in [3.8, 4) is 0 Å². The molecule has 7 heteroatoms. The second kappa shape index (κ2) is 7.50. The first-order valence-electron chi connectivity index (χ1n) is 10.2. The van der Waals surface area contributed by atoms with Gasteiger partial charge in [0, 0.05) is 5.69 Å². The average Bonchev–Trinajstić information content (AvgIpc) is 3.46. The molecule has 1 saturated carbocycles. The number of carbonyl (C=O) groups excluding carboxylic acids is 4. The van der Waals surface area contributed by atoms with Crippen LogP contribution < -0.4 is 10.2 Å². The highest BCUT2D eigenvalue weighted by Crippen LogP contribution is 2.53. The first-order valence-corrected chi connectivity index (χ1v) is 10.2. The Kier molecular flexibility index (Phi) is 4.66. The van der Waals surface area contributed by atoms with Gasteiger partial charge in [-0.05, 0) is 48.6 Å². The summed E-state index contributed by atoms with van der Waals surface area (Å²) in [6.07, 6.45) is 4.93. The van der Waals surface area contributed by atoms with E-state index < -0.39 is 18.5 Å². The minimum Gasteiger partial charge on any atom is -0.452 e. The molecule has 2 aromatic carbocycles. The van der Waals surface area contributed by atoms with Crippen molar-refractivity contribution >= 4 is 35.1 Å². The van der Waals surface area contributed by atoms with Crippen LogP contribution in [0, 0.1) is 23.7 Å². The van der Waals surface area contributed by atoms with Crippen molar-refractivity contribution in [2.75, 3.05) is 16.8 Å². The topological polar surface area (TPSA) is 92.8 Å². The van der Waals surface area contributed by atoms with E-state index in [0.29, 0.717) is 11.4 Å². The van der Waals surface area contributed by atoms with E-state index in [9.17, 15) is 19.2 Å². The van der Waals surface area contributed by atoms with Gasteiger partial charge in [0.25, 0.3) is 5.91 Å². The first kappa shape index (κ1) is 19.2. The summed E-state index contributed by atoms with van der Waals surface area (Å²) in [5.41, 5.74) is 1.13. The molecule has 2 aliphatic carbocycles. The number of fused-ring (bicyclic) bond motifs is 5. The van der Waals surface area contributed by atoms with Gasteiger partial charge in [0.15, 0.2) is 6.61 Å². The van der Waals surface area contributed by atoms with Crippen LogP contribution in [0.4, 0.5) is 11.4 Å². The summed E-state index contributed by atoms with van der Waals surface area (Å²) in [6.45, 7) is -0.446.